The molecule has 0 aromatic carbocycles. The smallest absolute Gasteiger partial charge is 0.317 e. The third-order valence-electron chi connectivity index (χ3n) is 2.16. The molecule has 1 fully saturated rings. The quantitative estimate of drug-likeness (QED) is 0.375. The van der Waals surface area contributed by atoms with E-state index in [0.29, 0.717) is 12.8 Å². The molecule has 0 aromatic heterocycles. The van der Waals surface area contributed by atoms with Gasteiger partial charge >= 0.3 is 5.97 Å². The Balaban J connectivity index is 2.63. The van der Waals surface area contributed by atoms with Gasteiger partial charge in [-0.25, -0.2) is 0 Å². The molecule has 3 heteroatoms. The monoisotopic (exact) mass is 182 g/mol. The van der Waals surface area contributed by atoms with Crippen LogP contribution in [0.5, 0.6) is 0 Å². The SMILES string of the molecule is C=CCC1C(=O)OC(CCC)C1=O. The van der Waals surface area contributed by atoms with E-state index in [9.17, 15) is 9.59 Å². The number of carbonyl (C=O) groups excluding carboxylic acids is 2. The number of hydrogen-bond donors (Lipinski definition) is 0. The lowest BCUT2D eigenvalue weighted by Gasteiger charge is -2.03. The van der Waals surface area contributed by atoms with Gasteiger partial charge in [0, 0.05) is 0 Å². The number of esters is 1. The van der Waals surface area contributed by atoms with Crippen molar-refractivity contribution in [1.82, 2.24) is 0 Å². The van der Waals surface area contributed by atoms with Crippen LogP contribution in [0.3, 0.4) is 0 Å². The molecule has 1 aliphatic rings. The van der Waals surface area contributed by atoms with Crippen molar-refractivity contribution in [2.45, 2.75) is 32.3 Å². The van der Waals surface area contributed by atoms with E-state index >= 15 is 0 Å². The zero-order valence-corrected chi connectivity index (χ0v) is 7.79. The first kappa shape index (κ1) is 9.96. The number of ether oxygens (including phenoxy) is 1. The van der Waals surface area contributed by atoms with Crippen LogP contribution in [0.2, 0.25) is 0 Å². The van der Waals surface area contributed by atoms with Gasteiger partial charge in [-0.15, -0.1) is 6.58 Å². The van der Waals surface area contributed by atoms with Gasteiger partial charge in [0.15, 0.2) is 11.9 Å². The van der Waals surface area contributed by atoms with E-state index in [1.807, 2.05) is 6.92 Å². The summed E-state index contributed by atoms with van der Waals surface area (Å²) in [5.74, 6) is -1.05. The molecule has 1 heterocycles. The van der Waals surface area contributed by atoms with Crippen LogP contribution in [0.1, 0.15) is 26.2 Å². The number of carbonyl (C=O) groups is 2. The van der Waals surface area contributed by atoms with Gasteiger partial charge in [0.2, 0.25) is 0 Å². The standard InChI is InChI=1S/C10H14O3/c1-3-5-7-9(11)8(6-4-2)13-10(7)12/h3,7-8H,1,4-6H2,2H3. The Labute approximate surface area is 77.8 Å². The Hall–Kier alpha value is -1.12. The molecule has 0 saturated carbocycles. The van der Waals surface area contributed by atoms with E-state index in [1.165, 1.54) is 0 Å². The summed E-state index contributed by atoms with van der Waals surface area (Å²) >= 11 is 0. The van der Waals surface area contributed by atoms with E-state index in [4.69, 9.17) is 4.74 Å². The van der Waals surface area contributed by atoms with E-state index in [2.05, 4.69) is 6.58 Å². The molecule has 0 aliphatic carbocycles. The van der Waals surface area contributed by atoms with E-state index in [1.54, 1.807) is 6.08 Å². The average molecular weight is 182 g/mol. The van der Waals surface area contributed by atoms with Crippen LogP contribution < -0.4 is 0 Å². The number of Topliss-reactive ketones (excluding diaryl/α,β-unsaturated/α-hetero) is 1. The van der Waals surface area contributed by atoms with Crippen LogP contribution in [-0.4, -0.2) is 17.9 Å². The van der Waals surface area contributed by atoms with Gasteiger partial charge in [0.25, 0.3) is 0 Å². The summed E-state index contributed by atoms with van der Waals surface area (Å²) in [5.41, 5.74) is 0. The number of rotatable bonds is 4. The minimum Gasteiger partial charge on any atom is -0.454 e. The maximum atomic E-state index is 11.5. The molecule has 1 rings (SSSR count). The molecule has 0 N–H and O–H groups in total. The fraction of sp³-hybridized carbons (Fsp3) is 0.600. The van der Waals surface area contributed by atoms with Gasteiger partial charge < -0.3 is 4.74 Å². The van der Waals surface area contributed by atoms with Crippen molar-refractivity contribution in [2.24, 2.45) is 5.92 Å². The van der Waals surface area contributed by atoms with Crippen molar-refractivity contribution in [3.05, 3.63) is 12.7 Å². The van der Waals surface area contributed by atoms with Gasteiger partial charge in [0.1, 0.15) is 5.92 Å². The van der Waals surface area contributed by atoms with Gasteiger partial charge in [0.05, 0.1) is 0 Å². The van der Waals surface area contributed by atoms with E-state index in [-0.39, 0.29) is 11.8 Å². The number of allylic oxidation sites excluding steroid dienone is 1. The topological polar surface area (TPSA) is 43.4 Å². The Kier molecular flexibility index (Phi) is 3.23. The molecule has 0 bridgehead atoms. The number of hydrogen-bond acceptors (Lipinski definition) is 3. The molecule has 1 aliphatic heterocycles. The van der Waals surface area contributed by atoms with E-state index < -0.39 is 12.0 Å². The minimum absolute atomic E-state index is 0.0771. The molecule has 3 nitrogen and oxygen atoms in total. The normalized spacial score (nSPS) is 27.5. The largest absolute Gasteiger partial charge is 0.454 e. The fourth-order valence-electron chi connectivity index (χ4n) is 1.46. The van der Waals surface area contributed by atoms with Crippen molar-refractivity contribution in [2.75, 3.05) is 0 Å². The zero-order chi connectivity index (χ0) is 9.84. The average Bonchev–Trinajstić information content (AvgIpc) is 2.34. The van der Waals surface area contributed by atoms with Crippen LogP contribution in [0.25, 0.3) is 0 Å². The van der Waals surface area contributed by atoms with Crippen LogP contribution in [0.15, 0.2) is 12.7 Å². The highest BCUT2D eigenvalue weighted by molar-refractivity contribution is 6.06. The third kappa shape index (κ3) is 1.97. The first-order chi connectivity index (χ1) is 6.20. The second kappa shape index (κ2) is 4.21. The Morgan fingerprint density at radius 3 is 2.77 bits per heavy atom. The lowest BCUT2D eigenvalue weighted by atomic mass is 9.98. The van der Waals surface area contributed by atoms with Crippen molar-refractivity contribution in [1.29, 1.82) is 0 Å². The molecule has 2 unspecified atom stereocenters. The molecule has 13 heavy (non-hydrogen) atoms. The van der Waals surface area contributed by atoms with Crippen molar-refractivity contribution in [3.63, 3.8) is 0 Å². The highest BCUT2D eigenvalue weighted by Gasteiger charge is 2.41. The van der Waals surface area contributed by atoms with E-state index in [0.717, 1.165) is 6.42 Å². The summed E-state index contributed by atoms with van der Waals surface area (Å²) in [6, 6.07) is 0. The predicted molar refractivity (Wildman–Crippen MR) is 48.1 cm³/mol. The maximum Gasteiger partial charge on any atom is 0.317 e. The third-order valence-corrected chi connectivity index (χ3v) is 2.16. The van der Waals surface area contributed by atoms with Crippen molar-refractivity contribution < 1.29 is 14.3 Å². The summed E-state index contributed by atoms with van der Waals surface area (Å²) in [6.45, 7) is 5.46. The summed E-state index contributed by atoms with van der Waals surface area (Å²) in [4.78, 5) is 22.7. The lowest BCUT2D eigenvalue weighted by Crippen LogP contribution is -2.19. The van der Waals surface area contributed by atoms with Gasteiger partial charge in [-0.3, -0.25) is 9.59 Å². The van der Waals surface area contributed by atoms with Crippen molar-refractivity contribution >= 4 is 11.8 Å². The molecule has 0 spiro atoms. The molecular weight excluding hydrogens is 168 g/mol. The zero-order valence-electron chi connectivity index (χ0n) is 7.79. The Bertz CT molecular complexity index is 232. The second-order valence-electron chi connectivity index (χ2n) is 3.19. The van der Waals surface area contributed by atoms with Crippen LogP contribution in [0.4, 0.5) is 0 Å². The molecule has 2 atom stereocenters. The van der Waals surface area contributed by atoms with Crippen LogP contribution in [-0.2, 0) is 14.3 Å². The predicted octanol–water partition coefficient (Wildman–Crippen LogP) is 1.47. The molecule has 0 aromatic rings. The molecule has 72 valence electrons. The van der Waals surface area contributed by atoms with Gasteiger partial charge in [-0.05, 0) is 12.8 Å². The van der Waals surface area contributed by atoms with Gasteiger partial charge in [-0.2, -0.15) is 0 Å². The Morgan fingerprint density at radius 1 is 1.54 bits per heavy atom. The Morgan fingerprint density at radius 2 is 2.23 bits per heavy atom. The summed E-state index contributed by atoms with van der Waals surface area (Å²) in [5, 5.41) is 0. The fourth-order valence-corrected chi connectivity index (χ4v) is 1.46. The van der Waals surface area contributed by atoms with Crippen LogP contribution >= 0.6 is 0 Å². The summed E-state index contributed by atoms with van der Waals surface area (Å²) in [6.07, 6.45) is 2.97. The lowest BCUT2D eigenvalue weighted by molar-refractivity contribution is -0.144. The first-order valence-corrected chi connectivity index (χ1v) is 4.55. The first-order valence-electron chi connectivity index (χ1n) is 4.55. The highest BCUT2D eigenvalue weighted by Crippen LogP contribution is 2.23. The second-order valence-corrected chi connectivity index (χ2v) is 3.19. The number of ketones is 1. The van der Waals surface area contributed by atoms with Crippen LogP contribution in [0, 0.1) is 5.92 Å². The number of cyclic esters (lactones) is 1. The summed E-state index contributed by atoms with van der Waals surface area (Å²) in [7, 11) is 0. The minimum atomic E-state index is -0.589. The molecule has 0 radical (unpaired) electrons. The maximum absolute atomic E-state index is 11.5. The van der Waals surface area contributed by atoms with Gasteiger partial charge in [-0.1, -0.05) is 19.4 Å². The molecule has 1 saturated heterocycles. The molecule has 0 amide bonds. The molecular formula is C10H14O3. The highest BCUT2D eigenvalue weighted by atomic mass is 16.6. The summed E-state index contributed by atoms with van der Waals surface area (Å²) < 4.78 is 4.94. The van der Waals surface area contributed by atoms with Crippen molar-refractivity contribution in [3.8, 4) is 0 Å².